The predicted molar refractivity (Wildman–Crippen MR) is 113 cm³/mol. The van der Waals surface area contributed by atoms with Crippen molar-refractivity contribution in [3.63, 3.8) is 0 Å². The summed E-state index contributed by atoms with van der Waals surface area (Å²) in [7, 11) is 3.42. The van der Waals surface area contributed by atoms with Gasteiger partial charge in [0.15, 0.2) is 0 Å². The van der Waals surface area contributed by atoms with Crippen molar-refractivity contribution in [2.75, 3.05) is 43.6 Å². The summed E-state index contributed by atoms with van der Waals surface area (Å²) in [6.45, 7) is 3.87. The Hall–Kier alpha value is -2.99. The van der Waals surface area contributed by atoms with E-state index in [1.165, 1.54) is 5.69 Å². The smallest absolute Gasteiger partial charge is 0.255 e. The van der Waals surface area contributed by atoms with E-state index in [-0.39, 0.29) is 5.56 Å². The molecule has 1 N–H and O–H groups in total. The third kappa shape index (κ3) is 3.68. The van der Waals surface area contributed by atoms with Gasteiger partial charge in [0, 0.05) is 49.7 Å². The third-order valence-electron chi connectivity index (χ3n) is 5.23. The van der Waals surface area contributed by atoms with Crippen molar-refractivity contribution in [1.82, 2.24) is 4.57 Å². The number of benzene rings is 2. The second-order valence-corrected chi connectivity index (χ2v) is 6.96. The van der Waals surface area contributed by atoms with Crippen molar-refractivity contribution < 1.29 is 9.47 Å². The molecule has 0 aliphatic carbocycles. The zero-order valence-corrected chi connectivity index (χ0v) is 16.3. The fourth-order valence-corrected chi connectivity index (χ4v) is 3.57. The largest absolute Gasteiger partial charge is 0.497 e. The highest BCUT2D eigenvalue weighted by Gasteiger charge is 2.11. The number of pyridine rings is 1. The molecule has 0 atom stereocenters. The fraction of sp³-hybridized carbons (Fsp3) is 0.318. The van der Waals surface area contributed by atoms with Gasteiger partial charge in [-0.2, -0.15) is 0 Å². The predicted octanol–water partition coefficient (Wildman–Crippen LogP) is 3.00. The van der Waals surface area contributed by atoms with Gasteiger partial charge >= 0.3 is 0 Å². The molecule has 0 spiro atoms. The van der Waals surface area contributed by atoms with Crippen molar-refractivity contribution in [3.05, 3.63) is 64.4 Å². The molecule has 4 rings (SSSR count). The maximum Gasteiger partial charge on any atom is 0.255 e. The molecule has 1 aliphatic heterocycles. The van der Waals surface area contributed by atoms with Gasteiger partial charge in [-0.1, -0.05) is 0 Å². The number of methoxy groups -OCH3 is 1. The van der Waals surface area contributed by atoms with E-state index >= 15 is 0 Å². The summed E-state index contributed by atoms with van der Waals surface area (Å²) in [4.78, 5) is 15.0. The van der Waals surface area contributed by atoms with E-state index in [1.807, 2.05) is 24.3 Å². The summed E-state index contributed by atoms with van der Waals surface area (Å²) >= 11 is 0. The number of ether oxygens (including phenoxy) is 2. The van der Waals surface area contributed by atoms with Gasteiger partial charge in [0.1, 0.15) is 5.75 Å². The van der Waals surface area contributed by atoms with Crippen LogP contribution in [0.3, 0.4) is 0 Å². The highest BCUT2D eigenvalue weighted by Crippen LogP contribution is 2.21. The molecule has 0 amide bonds. The van der Waals surface area contributed by atoms with Crippen molar-refractivity contribution >= 4 is 22.3 Å². The van der Waals surface area contributed by atoms with Gasteiger partial charge in [-0.3, -0.25) is 4.79 Å². The molecular weight excluding hydrogens is 354 g/mol. The number of aryl methyl sites for hydroxylation is 1. The minimum atomic E-state index is -0.00168. The molecule has 2 aromatic carbocycles. The zero-order chi connectivity index (χ0) is 19.5. The number of fused-ring (bicyclic) bond motifs is 1. The molecule has 6 nitrogen and oxygen atoms in total. The molecule has 1 aliphatic rings. The molecular formula is C22H25N3O3. The van der Waals surface area contributed by atoms with E-state index in [1.54, 1.807) is 18.7 Å². The van der Waals surface area contributed by atoms with E-state index in [0.29, 0.717) is 6.54 Å². The molecule has 1 fully saturated rings. The number of hydrogen-bond donors (Lipinski definition) is 1. The Balaban J connectivity index is 1.50. The number of aromatic nitrogens is 1. The van der Waals surface area contributed by atoms with Gasteiger partial charge in [-0.25, -0.2) is 0 Å². The molecule has 0 unspecified atom stereocenters. The maximum absolute atomic E-state index is 12.7. The molecule has 0 radical (unpaired) electrons. The second kappa shape index (κ2) is 7.94. The van der Waals surface area contributed by atoms with E-state index in [9.17, 15) is 4.79 Å². The van der Waals surface area contributed by atoms with E-state index < -0.39 is 0 Å². The van der Waals surface area contributed by atoms with Gasteiger partial charge in [0.2, 0.25) is 0 Å². The summed E-state index contributed by atoms with van der Waals surface area (Å²) in [5, 5.41) is 4.38. The molecule has 146 valence electrons. The lowest BCUT2D eigenvalue weighted by Gasteiger charge is -2.28. The number of hydrogen-bond acceptors (Lipinski definition) is 5. The van der Waals surface area contributed by atoms with Crippen LogP contribution < -0.4 is 20.5 Å². The van der Waals surface area contributed by atoms with E-state index in [4.69, 9.17) is 9.47 Å². The Labute approximate surface area is 164 Å². The average molecular weight is 379 g/mol. The molecule has 1 saturated heterocycles. The highest BCUT2D eigenvalue weighted by molar-refractivity contribution is 5.81. The lowest BCUT2D eigenvalue weighted by Crippen LogP contribution is -2.36. The summed E-state index contributed by atoms with van der Waals surface area (Å²) in [5.74, 6) is 0.744. The number of morpholine rings is 1. The SMILES string of the molecule is COc1ccc2cc(CNc3ccc(N4CCOCC4)cc3)c(=O)n(C)c2c1. The van der Waals surface area contributed by atoms with Gasteiger partial charge < -0.3 is 24.3 Å². The molecule has 1 aromatic heterocycles. The van der Waals surface area contributed by atoms with Crippen LogP contribution in [0.2, 0.25) is 0 Å². The van der Waals surface area contributed by atoms with Crippen molar-refractivity contribution in [1.29, 1.82) is 0 Å². The van der Waals surface area contributed by atoms with E-state index in [0.717, 1.165) is 54.2 Å². The first kappa shape index (κ1) is 18.4. The van der Waals surface area contributed by atoms with Gasteiger partial charge in [-0.05, 0) is 47.9 Å². The second-order valence-electron chi connectivity index (χ2n) is 6.96. The Morgan fingerprint density at radius 1 is 1.07 bits per heavy atom. The van der Waals surface area contributed by atoms with Crippen LogP contribution in [0.15, 0.2) is 53.3 Å². The van der Waals surface area contributed by atoms with Crippen LogP contribution in [0.25, 0.3) is 10.9 Å². The lowest BCUT2D eigenvalue weighted by atomic mass is 10.1. The van der Waals surface area contributed by atoms with E-state index in [2.05, 4.69) is 34.5 Å². The highest BCUT2D eigenvalue weighted by atomic mass is 16.5. The van der Waals surface area contributed by atoms with Crippen LogP contribution in [-0.4, -0.2) is 38.0 Å². The van der Waals surface area contributed by atoms with Gasteiger partial charge in [0.05, 0.1) is 25.8 Å². The third-order valence-corrected chi connectivity index (χ3v) is 5.23. The minimum absolute atomic E-state index is 0.00168. The quantitative estimate of drug-likeness (QED) is 0.739. The van der Waals surface area contributed by atoms with Crippen molar-refractivity contribution in [2.45, 2.75) is 6.54 Å². The molecule has 28 heavy (non-hydrogen) atoms. The van der Waals surface area contributed by atoms with Crippen LogP contribution in [-0.2, 0) is 18.3 Å². The molecule has 0 saturated carbocycles. The first-order valence-corrected chi connectivity index (χ1v) is 9.49. The first-order valence-electron chi connectivity index (χ1n) is 9.49. The summed E-state index contributed by atoms with van der Waals surface area (Å²) < 4.78 is 12.3. The Bertz CT molecular complexity index is 1020. The van der Waals surface area contributed by atoms with Crippen LogP contribution in [0.1, 0.15) is 5.56 Å². The summed E-state index contributed by atoms with van der Waals surface area (Å²) in [6, 6.07) is 16.1. The fourth-order valence-electron chi connectivity index (χ4n) is 3.57. The Kier molecular flexibility index (Phi) is 5.21. The Morgan fingerprint density at radius 3 is 2.54 bits per heavy atom. The van der Waals surface area contributed by atoms with Crippen molar-refractivity contribution in [3.8, 4) is 5.75 Å². The number of rotatable bonds is 5. The van der Waals surface area contributed by atoms with Gasteiger partial charge in [-0.15, -0.1) is 0 Å². The van der Waals surface area contributed by atoms with Crippen LogP contribution >= 0.6 is 0 Å². The number of nitrogens with one attached hydrogen (secondary N) is 1. The topological polar surface area (TPSA) is 55.7 Å². The standard InChI is InChI=1S/C22H25N3O3/c1-24-21-14-20(27-2)8-3-16(21)13-17(22(24)26)15-23-18-4-6-19(7-5-18)25-9-11-28-12-10-25/h3-8,13-14,23H,9-12,15H2,1-2H3. The average Bonchev–Trinajstić information content (AvgIpc) is 2.76. The number of anilines is 2. The molecule has 0 bridgehead atoms. The maximum atomic E-state index is 12.7. The normalized spacial score (nSPS) is 14.3. The molecule has 2 heterocycles. The zero-order valence-electron chi connectivity index (χ0n) is 16.3. The first-order chi connectivity index (χ1) is 13.7. The molecule has 6 heteroatoms. The summed E-state index contributed by atoms with van der Waals surface area (Å²) in [6.07, 6.45) is 0. The van der Waals surface area contributed by atoms with Gasteiger partial charge in [0.25, 0.3) is 5.56 Å². The van der Waals surface area contributed by atoms with Crippen LogP contribution in [0.4, 0.5) is 11.4 Å². The number of nitrogens with zero attached hydrogens (tertiary/aromatic N) is 2. The summed E-state index contributed by atoms with van der Waals surface area (Å²) in [5.41, 5.74) is 3.79. The monoisotopic (exact) mass is 379 g/mol. The molecule has 3 aromatic rings. The van der Waals surface area contributed by atoms with Crippen LogP contribution in [0, 0.1) is 0 Å². The minimum Gasteiger partial charge on any atom is -0.497 e. The Morgan fingerprint density at radius 2 is 1.82 bits per heavy atom. The lowest BCUT2D eigenvalue weighted by molar-refractivity contribution is 0.122. The van der Waals surface area contributed by atoms with Crippen LogP contribution in [0.5, 0.6) is 5.75 Å². The van der Waals surface area contributed by atoms with Crippen molar-refractivity contribution in [2.24, 2.45) is 7.05 Å².